The van der Waals surface area contributed by atoms with Crippen LogP contribution in [-0.2, 0) is 19.7 Å². The minimum absolute atomic E-state index is 0.0385. The van der Waals surface area contributed by atoms with Crippen LogP contribution >= 0.6 is 0 Å². The van der Waals surface area contributed by atoms with Crippen molar-refractivity contribution in [3.05, 3.63) is 35.9 Å². The van der Waals surface area contributed by atoms with E-state index in [1.54, 1.807) is 6.92 Å². The molecule has 126 valence electrons. The second-order valence-electron chi connectivity index (χ2n) is 6.82. The van der Waals surface area contributed by atoms with Gasteiger partial charge in [0.25, 0.3) is 0 Å². The van der Waals surface area contributed by atoms with Gasteiger partial charge in [-0.15, -0.1) is 0 Å². The summed E-state index contributed by atoms with van der Waals surface area (Å²) >= 11 is 0. The zero-order valence-corrected chi connectivity index (χ0v) is 14.4. The van der Waals surface area contributed by atoms with Gasteiger partial charge < -0.3 is 9.47 Å². The molecule has 5 heteroatoms. The Balaban J connectivity index is 1.88. The molecular weight excluding hydrogens is 292 g/mol. The van der Waals surface area contributed by atoms with E-state index in [4.69, 9.17) is 9.47 Å². The molecule has 1 fully saturated rings. The van der Waals surface area contributed by atoms with Gasteiger partial charge in [-0.3, -0.25) is 4.79 Å². The van der Waals surface area contributed by atoms with Crippen molar-refractivity contribution < 1.29 is 14.3 Å². The zero-order chi connectivity index (χ0) is 16.9. The van der Waals surface area contributed by atoms with Gasteiger partial charge in [-0.2, -0.15) is 5.10 Å². The molecule has 1 aliphatic heterocycles. The monoisotopic (exact) mass is 318 g/mol. The number of nitrogens with one attached hydrogen (secondary N) is 1. The van der Waals surface area contributed by atoms with Crippen molar-refractivity contribution in [2.45, 2.75) is 51.7 Å². The molecule has 0 aromatic heterocycles. The number of carbonyl (C=O) groups is 1. The van der Waals surface area contributed by atoms with Crippen molar-refractivity contribution >= 4 is 11.6 Å². The largest absolute Gasteiger partial charge is 0.347 e. The quantitative estimate of drug-likeness (QED) is 0.648. The maximum atomic E-state index is 12.0. The van der Waals surface area contributed by atoms with Crippen LogP contribution in [0.25, 0.3) is 0 Å². The highest BCUT2D eigenvalue weighted by Gasteiger charge is 2.33. The lowest BCUT2D eigenvalue weighted by molar-refractivity contribution is -0.159. The van der Waals surface area contributed by atoms with Crippen LogP contribution in [-0.4, -0.2) is 30.6 Å². The first kappa shape index (κ1) is 17.6. The van der Waals surface area contributed by atoms with Crippen LogP contribution < -0.4 is 5.43 Å². The molecule has 1 amide bonds. The number of nitrogens with zero attached hydrogens (tertiary/aromatic N) is 1. The summed E-state index contributed by atoms with van der Waals surface area (Å²) in [6, 6.07) is 10.3. The predicted molar refractivity (Wildman–Crippen MR) is 90.3 cm³/mol. The van der Waals surface area contributed by atoms with Crippen molar-refractivity contribution in [2.75, 3.05) is 13.2 Å². The van der Waals surface area contributed by atoms with Crippen LogP contribution in [0, 0.1) is 0 Å². The molecule has 5 nitrogen and oxygen atoms in total. The first-order valence-corrected chi connectivity index (χ1v) is 7.96. The summed E-state index contributed by atoms with van der Waals surface area (Å²) in [5, 5.41) is 4.21. The van der Waals surface area contributed by atoms with E-state index in [1.807, 2.05) is 25.1 Å². The van der Waals surface area contributed by atoms with E-state index < -0.39 is 5.79 Å². The molecule has 0 atom stereocenters. The van der Waals surface area contributed by atoms with Crippen LogP contribution in [0.1, 0.15) is 46.1 Å². The molecule has 23 heavy (non-hydrogen) atoms. The molecule has 0 bridgehead atoms. The lowest BCUT2D eigenvalue weighted by atomic mass is 9.80. The third-order valence-corrected chi connectivity index (χ3v) is 4.00. The van der Waals surface area contributed by atoms with E-state index in [2.05, 4.69) is 36.5 Å². The third-order valence-electron chi connectivity index (χ3n) is 4.00. The second-order valence-corrected chi connectivity index (χ2v) is 6.82. The third kappa shape index (κ3) is 5.15. The molecule has 2 rings (SSSR count). The maximum absolute atomic E-state index is 12.0. The Labute approximate surface area is 138 Å². The summed E-state index contributed by atoms with van der Waals surface area (Å²) in [6.07, 6.45) is 0.910. The topological polar surface area (TPSA) is 59.9 Å². The average molecular weight is 318 g/mol. The van der Waals surface area contributed by atoms with Gasteiger partial charge in [0.05, 0.1) is 19.6 Å². The normalized spacial score (nSPS) is 18.0. The fourth-order valence-corrected chi connectivity index (χ4v) is 2.82. The smallest absolute Gasteiger partial charge is 0.245 e. The number of carbonyl (C=O) groups excluding carboxylic acids is 1. The van der Waals surface area contributed by atoms with E-state index in [-0.39, 0.29) is 17.7 Å². The van der Waals surface area contributed by atoms with Crippen LogP contribution in [0.2, 0.25) is 0 Å². The number of ether oxygens (including phenoxy) is 2. The highest BCUT2D eigenvalue weighted by atomic mass is 16.7. The van der Waals surface area contributed by atoms with Crippen LogP contribution in [0.15, 0.2) is 35.4 Å². The standard InChI is InChI=1S/C18H26N2O3/c1-14(12-17(2,3)15-8-6-5-7-9-15)19-20-16(21)13-18(4)22-10-11-23-18/h5-9H,10-13H2,1-4H3,(H,20,21)/b19-14-. The molecule has 0 aliphatic carbocycles. The van der Waals surface area contributed by atoms with Crippen LogP contribution in [0.4, 0.5) is 0 Å². The Morgan fingerprint density at radius 1 is 1.26 bits per heavy atom. The highest BCUT2D eigenvalue weighted by Crippen LogP contribution is 2.27. The van der Waals surface area contributed by atoms with Crippen LogP contribution in [0.5, 0.6) is 0 Å². The minimum Gasteiger partial charge on any atom is -0.347 e. The Hall–Kier alpha value is -1.72. The Bertz CT molecular complexity index is 561. The molecule has 1 heterocycles. The Morgan fingerprint density at radius 3 is 2.48 bits per heavy atom. The van der Waals surface area contributed by atoms with Gasteiger partial charge in [-0.1, -0.05) is 44.2 Å². The molecule has 1 aromatic rings. The summed E-state index contributed by atoms with van der Waals surface area (Å²) in [5.41, 5.74) is 4.69. The molecule has 0 radical (unpaired) electrons. The maximum Gasteiger partial charge on any atom is 0.245 e. The summed E-state index contributed by atoms with van der Waals surface area (Å²) in [6.45, 7) is 9.09. The molecule has 1 N–H and O–H groups in total. The molecule has 1 saturated heterocycles. The Morgan fingerprint density at radius 2 is 1.87 bits per heavy atom. The van der Waals surface area contributed by atoms with Crippen LogP contribution in [0.3, 0.4) is 0 Å². The van der Waals surface area contributed by atoms with E-state index in [0.717, 1.165) is 12.1 Å². The van der Waals surface area contributed by atoms with E-state index >= 15 is 0 Å². The van der Waals surface area contributed by atoms with Gasteiger partial charge in [0, 0.05) is 5.71 Å². The first-order valence-electron chi connectivity index (χ1n) is 7.96. The highest BCUT2D eigenvalue weighted by molar-refractivity contribution is 5.85. The number of hydrazone groups is 1. The molecule has 1 aromatic carbocycles. The van der Waals surface area contributed by atoms with Gasteiger partial charge >= 0.3 is 0 Å². The van der Waals surface area contributed by atoms with Crippen molar-refractivity contribution in [2.24, 2.45) is 5.10 Å². The van der Waals surface area contributed by atoms with E-state index in [1.165, 1.54) is 5.56 Å². The SMILES string of the molecule is C/C(CC(C)(C)c1ccccc1)=N/NC(=O)CC1(C)OCCO1. The fraction of sp³-hybridized carbons (Fsp3) is 0.556. The number of amides is 1. The lowest BCUT2D eigenvalue weighted by Crippen LogP contribution is -2.34. The molecule has 0 spiro atoms. The van der Waals surface area contributed by atoms with Gasteiger partial charge in [0.1, 0.15) is 0 Å². The second kappa shape index (κ2) is 7.23. The minimum atomic E-state index is -0.823. The summed E-state index contributed by atoms with van der Waals surface area (Å²) in [5.74, 6) is -1.03. The van der Waals surface area contributed by atoms with Gasteiger partial charge in [0.15, 0.2) is 5.79 Å². The number of hydrogen-bond donors (Lipinski definition) is 1. The number of hydrogen-bond acceptors (Lipinski definition) is 4. The molecule has 0 unspecified atom stereocenters. The van der Waals surface area contributed by atoms with Gasteiger partial charge in [-0.05, 0) is 31.2 Å². The Kier molecular flexibility index (Phi) is 5.55. The zero-order valence-electron chi connectivity index (χ0n) is 14.4. The van der Waals surface area contributed by atoms with E-state index in [9.17, 15) is 4.79 Å². The molecule has 1 aliphatic rings. The van der Waals surface area contributed by atoms with Crippen molar-refractivity contribution in [3.63, 3.8) is 0 Å². The first-order chi connectivity index (χ1) is 10.8. The van der Waals surface area contributed by atoms with Gasteiger partial charge in [-0.25, -0.2) is 5.43 Å². The summed E-state index contributed by atoms with van der Waals surface area (Å²) in [4.78, 5) is 12.0. The number of benzene rings is 1. The lowest BCUT2D eigenvalue weighted by Gasteiger charge is -2.25. The van der Waals surface area contributed by atoms with Crippen molar-refractivity contribution in [1.82, 2.24) is 5.43 Å². The fourth-order valence-electron chi connectivity index (χ4n) is 2.82. The summed E-state index contributed by atoms with van der Waals surface area (Å²) in [7, 11) is 0. The van der Waals surface area contributed by atoms with Crippen molar-refractivity contribution in [1.29, 1.82) is 0 Å². The average Bonchev–Trinajstić information content (AvgIpc) is 2.92. The molecule has 0 saturated carbocycles. The predicted octanol–water partition coefficient (Wildman–Crippen LogP) is 3.00. The molecular formula is C18H26N2O3. The number of rotatable bonds is 6. The van der Waals surface area contributed by atoms with Gasteiger partial charge in [0.2, 0.25) is 5.91 Å². The summed E-state index contributed by atoms with van der Waals surface area (Å²) < 4.78 is 10.8. The van der Waals surface area contributed by atoms with E-state index in [0.29, 0.717) is 13.2 Å². The van der Waals surface area contributed by atoms with Crippen molar-refractivity contribution in [3.8, 4) is 0 Å².